The molecular weight excluding hydrogens is 303 g/mol. The minimum atomic E-state index is -0.988. The molecule has 0 aliphatic carbocycles. The fourth-order valence-electron chi connectivity index (χ4n) is 2.33. The van der Waals surface area contributed by atoms with Crippen molar-refractivity contribution in [1.82, 2.24) is 9.88 Å². The number of carbonyl (C=O) groups excluding carboxylic acids is 1. The zero-order valence-corrected chi connectivity index (χ0v) is 12.2. The Balaban J connectivity index is 2.31. The fourth-order valence-corrected chi connectivity index (χ4v) is 2.76. The molecule has 1 aliphatic rings. The molecule has 20 heavy (non-hydrogen) atoms. The molecule has 2 heterocycles. The van der Waals surface area contributed by atoms with E-state index in [4.69, 9.17) is 23.2 Å². The first-order valence-electron chi connectivity index (χ1n) is 6.36. The second-order valence-electron chi connectivity index (χ2n) is 4.67. The van der Waals surface area contributed by atoms with Gasteiger partial charge in [0.25, 0.3) is 5.91 Å². The number of likely N-dealkylation sites (tertiary alicyclic amines) is 1. The van der Waals surface area contributed by atoms with Gasteiger partial charge in [-0.2, -0.15) is 0 Å². The van der Waals surface area contributed by atoms with Crippen molar-refractivity contribution in [3.05, 3.63) is 28.0 Å². The van der Waals surface area contributed by atoms with Crippen molar-refractivity contribution < 1.29 is 14.7 Å². The average molecular weight is 317 g/mol. The van der Waals surface area contributed by atoms with Crippen LogP contribution in [0.4, 0.5) is 0 Å². The molecule has 1 atom stereocenters. The molecule has 1 N–H and O–H groups in total. The normalized spacial score (nSPS) is 19.5. The first kappa shape index (κ1) is 15.1. The number of amides is 1. The lowest BCUT2D eigenvalue weighted by atomic mass is 10.1. The number of carbonyl (C=O) groups is 2. The molecule has 0 aromatic carbocycles. The van der Waals surface area contributed by atoms with Crippen LogP contribution >= 0.6 is 23.2 Å². The first-order chi connectivity index (χ1) is 9.50. The van der Waals surface area contributed by atoms with Gasteiger partial charge < -0.3 is 10.0 Å². The highest BCUT2D eigenvalue weighted by molar-refractivity contribution is 6.34. The summed E-state index contributed by atoms with van der Waals surface area (Å²) in [5.74, 6) is -1.40. The molecule has 0 radical (unpaired) electrons. The Morgan fingerprint density at radius 3 is 2.65 bits per heavy atom. The average Bonchev–Trinajstić information content (AvgIpc) is 2.63. The van der Waals surface area contributed by atoms with Crippen LogP contribution in [0.5, 0.6) is 0 Å². The van der Waals surface area contributed by atoms with Crippen LogP contribution in [0.2, 0.25) is 10.3 Å². The minimum absolute atomic E-state index is 0.00381. The largest absolute Gasteiger partial charge is 0.480 e. The van der Waals surface area contributed by atoms with Crippen LogP contribution in [-0.4, -0.2) is 39.5 Å². The van der Waals surface area contributed by atoms with E-state index in [-0.39, 0.29) is 15.9 Å². The van der Waals surface area contributed by atoms with E-state index in [0.717, 1.165) is 19.3 Å². The number of rotatable bonds is 2. The Morgan fingerprint density at radius 1 is 1.25 bits per heavy atom. The maximum Gasteiger partial charge on any atom is 0.326 e. The molecule has 7 heteroatoms. The van der Waals surface area contributed by atoms with Gasteiger partial charge in [-0.25, -0.2) is 9.78 Å². The Labute approximate surface area is 126 Å². The number of hydrogen-bond donors (Lipinski definition) is 1. The molecule has 1 aromatic heterocycles. The summed E-state index contributed by atoms with van der Waals surface area (Å²) in [6, 6.07) is 2.13. The third kappa shape index (κ3) is 3.22. The van der Waals surface area contributed by atoms with E-state index in [1.165, 1.54) is 17.0 Å². The summed E-state index contributed by atoms with van der Waals surface area (Å²) in [5.41, 5.74) is 0.184. The maximum atomic E-state index is 12.5. The predicted octanol–water partition coefficient (Wildman–Crippen LogP) is 2.86. The van der Waals surface area contributed by atoms with Gasteiger partial charge in [-0.3, -0.25) is 4.79 Å². The smallest absolute Gasteiger partial charge is 0.326 e. The van der Waals surface area contributed by atoms with Gasteiger partial charge in [0, 0.05) is 6.54 Å². The highest BCUT2D eigenvalue weighted by Gasteiger charge is 2.32. The topological polar surface area (TPSA) is 70.5 Å². The number of aromatic nitrogens is 1. The van der Waals surface area contributed by atoms with Gasteiger partial charge in [0.05, 0.1) is 5.56 Å². The summed E-state index contributed by atoms with van der Waals surface area (Å²) in [4.78, 5) is 29.0. The summed E-state index contributed by atoms with van der Waals surface area (Å²) in [5, 5.41) is 9.47. The molecule has 0 saturated carbocycles. The number of aliphatic carboxylic acids is 1. The summed E-state index contributed by atoms with van der Waals surface area (Å²) < 4.78 is 0. The molecule has 1 aromatic rings. The van der Waals surface area contributed by atoms with E-state index in [1.807, 2.05) is 0 Å². The zero-order valence-electron chi connectivity index (χ0n) is 10.7. The molecule has 1 fully saturated rings. The number of pyridine rings is 1. The molecule has 1 saturated heterocycles. The van der Waals surface area contributed by atoms with E-state index >= 15 is 0 Å². The highest BCUT2D eigenvalue weighted by atomic mass is 35.5. The van der Waals surface area contributed by atoms with Crippen LogP contribution in [0.3, 0.4) is 0 Å². The maximum absolute atomic E-state index is 12.5. The molecule has 1 amide bonds. The standard InChI is InChI=1S/C13H14Cl2N2O3/c14-10-6-5-8(11(15)16-10)12(18)17-7-3-1-2-4-9(17)13(19)20/h5-6,9H,1-4,7H2,(H,19,20). The SMILES string of the molecule is O=C(O)C1CCCCCN1C(=O)c1ccc(Cl)nc1Cl. The zero-order chi connectivity index (χ0) is 14.7. The van der Waals surface area contributed by atoms with Crippen molar-refractivity contribution in [1.29, 1.82) is 0 Å². The lowest BCUT2D eigenvalue weighted by molar-refractivity contribution is -0.142. The first-order valence-corrected chi connectivity index (χ1v) is 7.12. The molecule has 1 aliphatic heterocycles. The summed E-state index contributed by atoms with van der Waals surface area (Å²) >= 11 is 11.6. The van der Waals surface area contributed by atoms with Crippen LogP contribution in [-0.2, 0) is 4.79 Å². The number of nitrogens with zero attached hydrogens (tertiary/aromatic N) is 2. The van der Waals surface area contributed by atoms with Gasteiger partial charge in [0.2, 0.25) is 0 Å². The molecule has 0 spiro atoms. The van der Waals surface area contributed by atoms with Crippen LogP contribution in [0.15, 0.2) is 12.1 Å². The lowest BCUT2D eigenvalue weighted by Gasteiger charge is -2.27. The van der Waals surface area contributed by atoms with Crippen LogP contribution < -0.4 is 0 Å². The van der Waals surface area contributed by atoms with Gasteiger partial charge in [-0.15, -0.1) is 0 Å². The highest BCUT2D eigenvalue weighted by Crippen LogP contribution is 2.23. The molecule has 108 valence electrons. The monoisotopic (exact) mass is 316 g/mol. The van der Waals surface area contributed by atoms with Crippen molar-refractivity contribution in [2.45, 2.75) is 31.7 Å². The van der Waals surface area contributed by atoms with Gasteiger partial charge in [0.15, 0.2) is 0 Å². The Hall–Kier alpha value is -1.33. The minimum Gasteiger partial charge on any atom is -0.480 e. The van der Waals surface area contributed by atoms with E-state index in [9.17, 15) is 14.7 Å². The van der Waals surface area contributed by atoms with E-state index in [2.05, 4.69) is 4.98 Å². The van der Waals surface area contributed by atoms with Crippen LogP contribution in [0, 0.1) is 0 Å². The fraction of sp³-hybridized carbons (Fsp3) is 0.462. The molecule has 2 rings (SSSR count). The van der Waals surface area contributed by atoms with Gasteiger partial charge in [0.1, 0.15) is 16.3 Å². The van der Waals surface area contributed by atoms with Crippen molar-refractivity contribution in [2.75, 3.05) is 6.54 Å². The van der Waals surface area contributed by atoms with Crippen molar-refractivity contribution in [3.63, 3.8) is 0 Å². The summed E-state index contributed by atoms with van der Waals surface area (Å²) in [6.45, 7) is 0.411. The lowest BCUT2D eigenvalue weighted by Crippen LogP contribution is -2.44. The van der Waals surface area contributed by atoms with Crippen LogP contribution in [0.25, 0.3) is 0 Å². The van der Waals surface area contributed by atoms with Gasteiger partial charge >= 0.3 is 5.97 Å². The Bertz CT molecular complexity index is 536. The Kier molecular flexibility index (Phi) is 4.83. The number of carboxylic acids is 1. The number of carboxylic acid groups (broad SMARTS) is 1. The molecule has 1 unspecified atom stereocenters. The number of halogens is 2. The second kappa shape index (κ2) is 6.41. The third-order valence-electron chi connectivity index (χ3n) is 3.34. The summed E-state index contributed by atoms with van der Waals surface area (Å²) in [6.07, 6.45) is 2.96. The van der Waals surface area contributed by atoms with Gasteiger partial charge in [-0.05, 0) is 25.0 Å². The third-order valence-corrected chi connectivity index (χ3v) is 3.84. The van der Waals surface area contributed by atoms with E-state index < -0.39 is 17.9 Å². The van der Waals surface area contributed by atoms with Crippen molar-refractivity contribution >= 4 is 35.1 Å². The predicted molar refractivity (Wildman–Crippen MR) is 75.2 cm³/mol. The van der Waals surface area contributed by atoms with Crippen molar-refractivity contribution in [3.8, 4) is 0 Å². The quantitative estimate of drug-likeness (QED) is 0.852. The van der Waals surface area contributed by atoms with E-state index in [0.29, 0.717) is 13.0 Å². The molecular formula is C13H14Cl2N2O3. The summed E-state index contributed by atoms with van der Waals surface area (Å²) in [7, 11) is 0. The second-order valence-corrected chi connectivity index (χ2v) is 5.42. The van der Waals surface area contributed by atoms with E-state index in [1.54, 1.807) is 0 Å². The number of hydrogen-bond acceptors (Lipinski definition) is 3. The van der Waals surface area contributed by atoms with Crippen molar-refractivity contribution in [2.24, 2.45) is 0 Å². The molecule has 0 bridgehead atoms. The van der Waals surface area contributed by atoms with Gasteiger partial charge in [-0.1, -0.05) is 36.0 Å². The Morgan fingerprint density at radius 2 is 2.00 bits per heavy atom. The van der Waals surface area contributed by atoms with Crippen LogP contribution in [0.1, 0.15) is 36.0 Å². The molecule has 5 nitrogen and oxygen atoms in total.